The van der Waals surface area contributed by atoms with Crippen molar-refractivity contribution in [2.24, 2.45) is 5.92 Å². The van der Waals surface area contributed by atoms with Gasteiger partial charge in [-0.3, -0.25) is 0 Å². The molecule has 1 aliphatic carbocycles. The standard InChI is InChI=1S/C10H19N.C2H6/c1-9-6-7-11(8-9)10-4-2-3-5-10;1-2/h9-10H,2-8H2,1H3;1-2H3/t9-;/m0./s1. The number of nitrogens with zero attached hydrogens (tertiary/aromatic N) is 1. The summed E-state index contributed by atoms with van der Waals surface area (Å²) in [4.78, 5) is 2.72. The monoisotopic (exact) mass is 183 g/mol. The van der Waals surface area contributed by atoms with Gasteiger partial charge in [0.25, 0.3) is 0 Å². The summed E-state index contributed by atoms with van der Waals surface area (Å²) in [5, 5.41) is 0. The molecular formula is C12H25N. The number of likely N-dealkylation sites (tertiary alicyclic amines) is 1. The Morgan fingerprint density at radius 2 is 1.62 bits per heavy atom. The molecule has 2 fully saturated rings. The Labute approximate surface area is 83.5 Å². The maximum atomic E-state index is 2.72. The van der Waals surface area contributed by atoms with Crippen LogP contribution in [0.25, 0.3) is 0 Å². The van der Waals surface area contributed by atoms with Gasteiger partial charge in [-0.05, 0) is 31.7 Å². The lowest BCUT2D eigenvalue weighted by Gasteiger charge is -2.22. The van der Waals surface area contributed by atoms with Crippen LogP contribution in [0, 0.1) is 5.92 Å². The fourth-order valence-corrected chi connectivity index (χ4v) is 2.57. The second-order valence-corrected chi connectivity index (χ2v) is 4.33. The minimum atomic E-state index is 0.968. The predicted molar refractivity (Wildman–Crippen MR) is 59.0 cm³/mol. The normalized spacial score (nSPS) is 30.2. The van der Waals surface area contributed by atoms with Gasteiger partial charge in [0.15, 0.2) is 0 Å². The molecule has 1 heteroatoms. The zero-order valence-corrected chi connectivity index (χ0v) is 9.55. The van der Waals surface area contributed by atoms with Crippen molar-refractivity contribution in [2.75, 3.05) is 13.1 Å². The third-order valence-electron chi connectivity index (χ3n) is 3.30. The summed E-state index contributed by atoms with van der Waals surface area (Å²) in [5.74, 6) is 0.968. The van der Waals surface area contributed by atoms with Gasteiger partial charge in [-0.1, -0.05) is 33.6 Å². The number of hydrogen-bond donors (Lipinski definition) is 0. The van der Waals surface area contributed by atoms with Gasteiger partial charge in [0.2, 0.25) is 0 Å². The Balaban J connectivity index is 0.000000396. The van der Waals surface area contributed by atoms with Crippen molar-refractivity contribution in [1.82, 2.24) is 4.90 Å². The molecule has 1 atom stereocenters. The zero-order chi connectivity index (χ0) is 9.68. The Bertz CT molecular complexity index is 127. The first-order valence-electron chi connectivity index (χ1n) is 6.10. The van der Waals surface area contributed by atoms with Gasteiger partial charge in [0.1, 0.15) is 0 Å². The van der Waals surface area contributed by atoms with Crippen LogP contribution in [0.2, 0.25) is 0 Å². The van der Waals surface area contributed by atoms with E-state index in [9.17, 15) is 0 Å². The van der Waals surface area contributed by atoms with E-state index in [1.54, 1.807) is 0 Å². The average molecular weight is 183 g/mol. The first-order valence-corrected chi connectivity index (χ1v) is 6.10. The van der Waals surface area contributed by atoms with Crippen LogP contribution in [0.4, 0.5) is 0 Å². The van der Waals surface area contributed by atoms with Crippen LogP contribution in [-0.2, 0) is 0 Å². The average Bonchev–Trinajstić information content (AvgIpc) is 2.77. The Hall–Kier alpha value is -0.0400. The van der Waals surface area contributed by atoms with Gasteiger partial charge in [-0.25, -0.2) is 0 Å². The number of hydrogen-bond acceptors (Lipinski definition) is 1. The van der Waals surface area contributed by atoms with Crippen LogP contribution in [-0.4, -0.2) is 24.0 Å². The smallest absolute Gasteiger partial charge is 0.00953 e. The highest BCUT2D eigenvalue weighted by Crippen LogP contribution is 2.27. The lowest BCUT2D eigenvalue weighted by molar-refractivity contribution is 0.239. The summed E-state index contributed by atoms with van der Waals surface area (Å²) in [6.07, 6.45) is 7.36. The molecule has 0 unspecified atom stereocenters. The zero-order valence-electron chi connectivity index (χ0n) is 9.55. The second kappa shape index (κ2) is 5.64. The highest BCUT2D eigenvalue weighted by Gasteiger charge is 2.27. The molecule has 78 valence electrons. The maximum absolute atomic E-state index is 2.72. The first-order chi connectivity index (χ1) is 6.36. The minimum absolute atomic E-state index is 0.968. The molecule has 1 nitrogen and oxygen atoms in total. The Kier molecular flexibility index (Phi) is 4.79. The molecule has 2 aliphatic rings. The minimum Gasteiger partial charge on any atom is -0.300 e. The largest absolute Gasteiger partial charge is 0.300 e. The molecular weight excluding hydrogens is 158 g/mol. The quantitative estimate of drug-likeness (QED) is 0.603. The highest BCUT2D eigenvalue weighted by molar-refractivity contribution is 4.82. The Morgan fingerprint density at radius 3 is 2.08 bits per heavy atom. The van der Waals surface area contributed by atoms with Crippen LogP contribution in [0.5, 0.6) is 0 Å². The van der Waals surface area contributed by atoms with Crippen LogP contribution < -0.4 is 0 Å². The molecule has 1 saturated heterocycles. The Morgan fingerprint density at radius 1 is 1.00 bits per heavy atom. The van der Waals surface area contributed by atoms with E-state index >= 15 is 0 Å². The molecule has 13 heavy (non-hydrogen) atoms. The summed E-state index contributed by atoms with van der Waals surface area (Å²) < 4.78 is 0. The van der Waals surface area contributed by atoms with E-state index in [4.69, 9.17) is 0 Å². The summed E-state index contributed by atoms with van der Waals surface area (Å²) in [6, 6.07) is 0.972. The molecule has 0 N–H and O–H groups in total. The summed E-state index contributed by atoms with van der Waals surface area (Å²) in [5.41, 5.74) is 0. The molecule has 0 aromatic heterocycles. The molecule has 0 bridgehead atoms. The maximum Gasteiger partial charge on any atom is 0.00953 e. The van der Waals surface area contributed by atoms with Gasteiger partial charge in [-0.2, -0.15) is 0 Å². The van der Waals surface area contributed by atoms with E-state index in [1.165, 1.54) is 45.2 Å². The summed E-state index contributed by atoms with van der Waals surface area (Å²) in [7, 11) is 0. The predicted octanol–water partition coefficient (Wildman–Crippen LogP) is 3.30. The van der Waals surface area contributed by atoms with Gasteiger partial charge >= 0.3 is 0 Å². The van der Waals surface area contributed by atoms with Crippen LogP contribution >= 0.6 is 0 Å². The van der Waals surface area contributed by atoms with E-state index in [2.05, 4.69) is 11.8 Å². The molecule has 0 aromatic carbocycles. The molecule has 2 rings (SSSR count). The topological polar surface area (TPSA) is 3.24 Å². The van der Waals surface area contributed by atoms with Gasteiger partial charge in [0.05, 0.1) is 0 Å². The van der Waals surface area contributed by atoms with E-state index in [-0.39, 0.29) is 0 Å². The van der Waals surface area contributed by atoms with Crippen molar-refractivity contribution in [2.45, 2.75) is 58.9 Å². The fraction of sp³-hybridized carbons (Fsp3) is 1.00. The van der Waals surface area contributed by atoms with E-state index < -0.39 is 0 Å². The van der Waals surface area contributed by atoms with Crippen molar-refractivity contribution in [3.63, 3.8) is 0 Å². The molecule has 0 radical (unpaired) electrons. The third-order valence-corrected chi connectivity index (χ3v) is 3.30. The van der Waals surface area contributed by atoms with E-state index in [1.807, 2.05) is 13.8 Å². The van der Waals surface area contributed by atoms with Crippen molar-refractivity contribution in [1.29, 1.82) is 0 Å². The summed E-state index contributed by atoms with van der Waals surface area (Å²) in [6.45, 7) is 9.14. The van der Waals surface area contributed by atoms with Crippen molar-refractivity contribution in [3.8, 4) is 0 Å². The first kappa shape index (κ1) is 11.0. The molecule has 0 aromatic rings. The van der Waals surface area contributed by atoms with Crippen LogP contribution in [0.1, 0.15) is 52.9 Å². The van der Waals surface area contributed by atoms with Crippen molar-refractivity contribution in [3.05, 3.63) is 0 Å². The second-order valence-electron chi connectivity index (χ2n) is 4.33. The third kappa shape index (κ3) is 2.98. The van der Waals surface area contributed by atoms with Crippen LogP contribution in [0.15, 0.2) is 0 Å². The SMILES string of the molecule is CC.C[C@H]1CCN(C2CCCC2)C1. The fourth-order valence-electron chi connectivity index (χ4n) is 2.57. The van der Waals surface area contributed by atoms with Crippen molar-refractivity contribution < 1.29 is 0 Å². The van der Waals surface area contributed by atoms with Gasteiger partial charge in [-0.15, -0.1) is 0 Å². The van der Waals surface area contributed by atoms with E-state index in [0.29, 0.717) is 0 Å². The molecule has 1 aliphatic heterocycles. The molecule has 0 amide bonds. The molecule has 1 saturated carbocycles. The highest BCUT2D eigenvalue weighted by atomic mass is 15.2. The van der Waals surface area contributed by atoms with Gasteiger partial charge in [0, 0.05) is 12.6 Å². The summed E-state index contributed by atoms with van der Waals surface area (Å²) >= 11 is 0. The molecule has 0 spiro atoms. The van der Waals surface area contributed by atoms with E-state index in [0.717, 1.165) is 12.0 Å². The number of rotatable bonds is 1. The lowest BCUT2D eigenvalue weighted by Crippen LogP contribution is -2.30. The lowest BCUT2D eigenvalue weighted by atomic mass is 10.2. The van der Waals surface area contributed by atoms with Crippen molar-refractivity contribution >= 4 is 0 Å². The van der Waals surface area contributed by atoms with Gasteiger partial charge < -0.3 is 4.90 Å². The molecule has 1 heterocycles. The van der Waals surface area contributed by atoms with Crippen LogP contribution in [0.3, 0.4) is 0 Å².